The summed E-state index contributed by atoms with van der Waals surface area (Å²) >= 11 is 0. The van der Waals surface area contributed by atoms with Crippen molar-refractivity contribution in [1.29, 1.82) is 0 Å². The van der Waals surface area contributed by atoms with Gasteiger partial charge in [0.2, 0.25) is 0 Å². The SMILES string of the molecule is C[C@H](Oc1cc(-c2cnn(C)c2)cc2ncnc(Nc3ccc4ncccc4c3F)c12)[C@H]1CCCN1C(=O)OC(C)(C)C. The zero-order valence-electron chi connectivity index (χ0n) is 24.8. The summed E-state index contributed by atoms with van der Waals surface area (Å²) in [6.07, 6.45) is 7.63. The molecule has 10 nitrogen and oxygen atoms in total. The van der Waals surface area contributed by atoms with E-state index in [0.717, 1.165) is 24.0 Å². The number of aromatic nitrogens is 5. The molecule has 1 saturated heterocycles. The number of anilines is 2. The highest BCUT2D eigenvalue weighted by Crippen LogP contribution is 2.38. The third kappa shape index (κ3) is 5.79. The topological polar surface area (TPSA) is 107 Å². The van der Waals surface area contributed by atoms with Gasteiger partial charge in [0, 0.05) is 36.9 Å². The molecule has 2 aromatic carbocycles. The molecule has 4 heterocycles. The molecule has 11 heteroatoms. The molecule has 2 atom stereocenters. The van der Waals surface area contributed by atoms with E-state index >= 15 is 4.39 Å². The molecule has 0 spiro atoms. The van der Waals surface area contributed by atoms with Crippen molar-refractivity contribution in [3.63, 3.8) is 0 Å². The average Bonchev–Trinajstić information content (AvgIpc) is 3.63. The van der Waals surface area contributed by atoms with Gasteiger partial charge in [0.1, 0.15) is 29.6 Å². The number of hydrogen-bond acceptors (Lipinski definition) is 8. The number of pyridine rings is 1. The molecule has 1 N–H and O–H groups in total. The third-order valence-electron chi connectivity index (χ3n) is 7.49. The van der Waals surface area contributed by atoms with Crippen LogP contribution >= 0.6 is 0 Å². The molecule has 222 valence electrons. The van der Waals surface area contributed by atoms with Crippen molar-refractivity contribution in [3.8, 4) is 16.9 Å². The van der Waals surface area contributed by atoms with E-state index in [1.165, 1.54) is 6.33 Å². The normalized spacial score (nSPS) is 16.0. The van der Waals surface area contributed by atoms with Crippen LogP contribution in [0.5, 0.6) is 5.75 Å². The van der Waals surface area contributed by atoms with Crippen LogP contribution in [0.1, 0.15) is 40.5 Å². The Morgan fingerprint density at radius 2 is 1.95 bits per heavy atom. The third-order valence-corrected chi connectivity index (χ3v) is 7.49. The van der Waals surface area contributed by atoms with E-state index in [4.69, 9.17) is 9.47 Å². The fraction of sp³-hybridized carbons (Fsp3) is 0.344. The monoisotopic (exact) mass is 583 g/mol. The zero-order valence-corrected chi connectivity index (χ0v) is 24.8. The number of carbonyl (C=O) groups is 1. The maximum absolute atomic E-state index is 15.6. The van der Waals surface area contributed by atoms with E-state index in [0.29, 0.717) is 39.9 Å². The fourth-order valence-corrected chi connectivity index (χ4v) is 5.53. The Morgan fingerprint density at radius 1 is 1.12 bits per heavy atom. The van der Waals surface area contributed by atoms with Crippen LogP contribution in [0.15, 0.2) is 61.3 Å². The number of likely N-dealkylation sites (tertiary alicyclic amines) is 1. The Labute approximate surface area is 248 Å². The number of ether oxygens (including phenoxy) is 2. The highest BCUT2D eigenvalue weighted by Gasteiger charge is 2.36. The molecular formula is C32H34FN7O3. The van der Waals surface area contributed by atoms with E-state index in [2.05, 4.69) is 25.4 Å². The minimum absolute atomic E-state index is 0.196. The Kier molecular flexibility index (Phi) is 7.33. The smallest absolute Gasteiger partial charge is 0.410 e. The summed E-state index contributed by atoms with van der Waals surface area (Å²) in [5.74, 6) is 0.465. The molecule has 0 unspecified atom stereocenters. The second kappa shape index (κ2) is 11.1. The fourth-order valence-electron chi connectivity index (χ4n) is 5.53. The second-order valence-electron chi connectivity index (χ2n) is 11.8. The van der Waals surface area contributed by atoms with Crippen LogP contribution in [0, 0.1) is 5.82 Å². The summed E-state index contributed by atoms with van der Waals surface area (Å²) < 4.78 is 29.6. The van der Waals surface area contributed by atoms with Crippen molar-refractivity contribution in [2.75, 3.05) is 11.9 Å². The molecule has 1 amide bonds. The summed E-state index contributed by atoms with van der Waals surface area (Å²) in [5.41, 5.74) is 2.56. The Hall–Kier alpha value is -4.80. The van der Waals surface area contributed by atoms with Gasteiger partial charge in [-0.3, -0.25) is 9.67 Å². The van der Waals surface area contributed by atoms with Gasteiger partial charge in [-0.2, -0.15) is 5.10 Å². The number of aryl methyl sites for hydroxylation is 1. The summed E-state index contributed by atoms with van der Waals surface area (Å²) in [6, 6.07) is 10.4. The van der Waals surface area contributed by atoms with Crippen molar-refractivity contribution in [1.82, 2.24) is 29.6 Å². The number of rotatable bonds is 6. The Bertz CT molecular complexity index is 1820. The van der Waals surface area contributed by atoms with E-state index < -0.39 is 11.4 Å². The van der Waals surface area contributed by atoms with Crippen LogP contribution in [0.4, 0.5) is 20.7 Å². The lowest BCUT2D eigenvalue weighted by Gasteiger charge is -2.32. The van der Waals surface area contributed by atoms with Crippen molar-refractivity contribution in [2.24, 2.45) is 7.05 Å². The first kappa shape index (κ1) is 28.3. The second-order valence-corrected chi connectivity index (χ2v) is 11.8. The molecule has 0 saturated carbocycles. The zero-order chi connectivity index (χ0) is 30.3. The van der Waals surface area contributed by atoms with Gasteiger partial charge in [-0.15, -0.1) is 0 Å². The number of benzene rings is 2. The van der Waals surface area contributed by atoms with Crippen LogP contribution in [-0.2, 0) is 11.8 Å². The molecule has 6 rings (SSSR count). The Morgan fingerprint density at radius 3 is 2.72 bits per heavy atom. The highest BCUT2D eigenvalue weighted by molar-refractivity contribution is 5.99. The van der Waals surface area contributed by atoms with E-state index in [1.807, 2.05) is 53.1 Å². The minimum atomic E-state index is -0.603. The molecule has 3 aromatic heterocycles. The summed E-state index contributed by atoms with van der Waals surface area (Å²) in [7, 11) is 1.85. The summed E-state index contributed by atoms with van der Waals surface area (Å²) in [6.45, 7) is 8.11. The van der Waals surface area contributed by atoms with Gasteiger partial charge < -0.3 is 19.7 Å². The summed E-state index contributed by atoms with van der Waals surface area (Å²) in [4.78, 5) is 28.1. The highest BCUT2D eigenvalue weighted by atomic mass is 19.1. The van der Waals surface area contributed by atoms with Crippen LogP contribution in [0.3, 0.4) is 0 Å². The van der Waals surface area contributed by atoms with Crippen LogP contribution in [0.25, 0.3) is 32.9 Å². The lowest BCUT2D eigenvalue weighted by molar-refractivity contribution is 0.0113. The number of amides is 1. The van der Waals surface area contributed by atoms with E-state index in [9.17, 15) is 4.79 Å². The molecule has 0 aliphatic carbocycles. The largest absolute Gasteiger partial charge is 0.488 e. The first-order valence-corrected chi connectivity index (χ1v) is 14.3. The van der Waals surface area contributed by atoms with Crippen molar-refractivity contribution < 1.29 is 18.7 Å². The standard InChI is InChI=1S/C32H34FN7O3/c1-19(26-9-7-13-40(26)31(41)43-32(2,3)4)42-27-15-20(21-16-37-39(5)17-21)14-25-28(27)30(36-18-35-25)38-24-11-10-23-22(29(24)33)8-6-12-34-23/h6,8,10-12,14-19,26H,7,9,13H2,1-5H3,(H,35,36,38)/t19-,26+/m0/s1. The number of halogens is 1. The maximum atomic E-state index is 15.6. The van der Waals surface area contributed by atoms with Gasteiger partial charge in [0.15, 0.2) is 5.82 Å². The number of carbonyl (C=O) groups excluding carboxylic acids is 1. The van der Waals surface area contributed by atoms with Crippen LogP contribution < -0.4 is 10.1 Å². The Balaban J connectivity index is 1.41. The molecule has 0 radical (unpaired) electrons. The molecule has 1 fully saturated rings. The quantitative estimate of drug-likeness (QED) is 0.237. The molecule has 0 bridgehead atoms. The van der Waals surface area contributed by atoms with Crippen LogP contribution in [-0.4, -0.2) is 60.0 Å². The van der Waals surface area contributed by atoms with Crippen LogP contribution in [0.2, 0.25) is 0 Å². The van der Waals surface area contributed by atoms with E-state index in [1.54, 1.807) is 46.2 Å². The van der Waals surface area contributed by atoms with Gasteiger partial charge in [-0.1, -0.05) is 0 Å². The molecule has 5 aromatic rings. The maximum Gasteiger partial charge on any atom is 0.410 e. The molecule has 1 aliphatic rings. The predicted octanol–water partition coefficient (Wildman–Crippen LogP) is 6.63. The minimum Gasteiger partial charge on any atom is -0.488 e. The first-order chi connectivity index (χ1) is 20.6. The predicted molar refractivity (Wildman–Crippen MR) is 163 cm³/mol. The average molecular weight is 584 g/mol. The van der Waals surface area contributed by atoms with Gasteiger partial charge >= 0.3 is 6.09 Å². The number of nitrogens with one attached hydrogen (secondary N) is 1. The molecular weight excluding hydrogens is 549 g/mol. The molecule has 1 aliphatic heterocycles. The van der Waals surface area contributed by atoms with Crippen molar-refractivity contribution >= 4 is 39.4 Å². The lowest BCUT2D eigenvalue weighted by Crippen LogP contribution is -2.46. The van der Waals surface area contributed by atoms with Gasteiger partial charge in [-0.25, -0.2) is 19.2 Å². The van der Waals surface area contributed by atoms with E-state index in [-0.39, 0.29) is 23.9 Å². The van der Waals surface area contributed by atoms with Crippen molar-refractivity contribution in [3.05, 3.63) is 67.1 Å². The van der Waals surface area contributed by atoms with Gasteiger partial charge in [-0.05, 0) is 82.5 Å². The number of fused-ring (bicyclic) bond motifs is 2. The first-order valence-electron chi connectivity index (χ1n) is 14.3. The number of nitrogens with zero attached hydrogens (tertiary/aromatic N) is 6. The molecule has 43 heavy (non-hydrogen) atoms. The van der Waals surface area contributed by atoms with Gasteiger partial charge in [0.25, 0.3) is 0 Å². The van der Waals surface area contributed by atoms with Crippen molar-refractivity contribution in [2.45, 2.75) is 58.3 Å². The summed E-state index contributed by atoms with van der Waals surface area (Å²) in [5, 5.41) is 8.48. The lowest BCUT2D eigenvalue weighted by atomic mass is 10.0. The van der Waals surface area contributed by atoms with Gasteiger partial charge in [0.05, 0.1) is 34.3 Å². The number of hydrogen-bond donors (Lipinski definition) is 1.